The molecular formula is C12H19N3O4. The summed E-state index contributed by atoms with van der Waals surface area (Å²) in [4.78, 5) is 35.4. The number of carbonyl (C=O) groups is 3. The standard InChI is InChI=1S/C12H19N3O4/c1-2-5-13-12(19)14-10(16)8-15-6-3-9(4-7-15)11(17)18/h2,9H,1,3-8H2,(H,17,18)(H2,13,14,16,19). The van der Waals surface area contributed by atoms with Crippen LogP contribution in [0.15, 0.2) is 12.7 Å². The Kier molecular flexibility index (Phi) is 6.01. The summed E-state index contributed by atoms with van der Waals surface area (Å²) in [6, 6.07) is -0.551. The molecule has 1 saturated heterocycles. The lowest BCUT2D eigenvalue weighted by Crippen LogP contribution is -2.46. The highest BCUT2D eigenvalue weighted by atomic mass is 16.4. The lowest BCUT2D eigenvalue weighted by atomic mass is 9.97. The number of hydrogen-bond acceptors (Lipinski definition) is 4. The van der Waals surface area contributed by atoms with Crippen molar-refractivity contribution < 1.29 is 19.5 Å². The molecule has 0 atom stereocenters. The summed E-state index contributed by atoms with van der Waals surface area (Å²) in [5.41, 5.74) is 0. The van der Waals surface area contributed by atoms with Crippen molar-refractivity contribution in [1.82, 2.24) is 15.5 Å². The van der Waals surface area contributed by atoms with Crippen LogP contribution in [-0.4, -0.2) is 54.1 Å². The van der Waals surface area contributed by atoms with Gasteiger partial charge in [0, 0.05) is 6.54 Å². The smallest absolute Gasteiger partial charge is 0.321 e. The van der Waals surface area contributed by atoms with Crippen LogP contribution in [0.4, 0.5) is 4.79 Å². The first kappa shape index (κ1) is 15.2. The zero-order valence-electron chi connectivity index (χ0n) is 10.7. The Bertz CT molecular complexity index is 362. The van der Waals surface area contributed by atoms with E-state index in [2.05, 4.69) is 17.2 Å². The Balaban J connectivity index is 2.25. The van der Waals surface area contributed by atoms with Gasteiger partial charge < -0.3 is 10.4 Å². The molecule has 1 rings (SSSR count). The molecule has 19 heavy (non-hydrogen) atoms. The van der Waals surface area contributed by atoms with E-state index in [-0.39, 0.29) is 12.5 Å². The molecule has 0 aromatic rings. The molecule has 1 aliphatic heterocycles. The largest absolute Gasteiger partial charge is 0.481 e. The van der Waals surface area contributed by atoms with E-state index >= 15 is 0 Å². The maximum atomic E-state index is 11.5. The quantitative estimate of drug-likeness (QED) is 0.600. The van der Waals surface area contributed by atoms with Crippen LogP contribution in [-0.2, 0) is 9.59 Å². The summed E-state index contributed by atoms with van der Waals surface area (Å²) < 4.78 is 0. The number of amides is 3. The Labute approximate surface area is 111 Å². The highest BCUT2D eigenvalue weighted by Crippen LogP contribution is 2.16. The number of likely N-dealkylation sites (tertiary alicyclic amines) is 1. The van der Waals surface area contributed by atoms with Crippen LogP contribution in [0.5, 0.6) is 0 Å². The van der Waals surface area contributed by atoms with Gasteiger partial charge in [-0.2, -0.15) is 0 Å². The zero-order valence-corrected chi connectivity index (χ0v) is 10.7. The van der Waals surface area contributed by atoms with Gasteiger partial charge >= 0.3 is 12.0 Å². The van der Waals surface area contributed by atoms with Crippen molar-refractivity contribution in [3.63, 3.8) is 0 Å². The highest BCUT2D eigenvalue weighted by Gasteiger charge is 2.25. The van der Waals surface area contributed by atoms with E-state index in [1.54, 1.807) is 0 Å². The minimum Gasteiger partial charge on any atom is -0.481 e. The monoisotopic (exact) mass is 269 g/mol. The summed E-state index contributed by atoms with van der Waals surface area (Å²) in [5.74, 6) is -1.50. The van der Waals surface area contributed by atoms with E-state index in [0.717, 1.165) is 0 Å². The number of imide groups is 1. The van der Waals surface area contributed by atoms with Crippen molar-refractivity contribution in [1.29, 1.82) is 0 Å². The maximum absolute atomic E-state index is 11.5. The van der Waals surface area contributed by atoms with Crippen LogP contribution < -0.4 is 10.6 Å². The lowest BCUT2D eigenvalue weighted by Gasteiger charge is -2.29. The Morgan fingerprint density at radius 1 is 1.32 bits per heavy atom. The molecule has 1 aliphatic rings. The molecule has 0 radical (unpaired) electrons. The van der Waals surface area contributed by atoms with Gasteiger partial charge in [0.15, 0.2) is 0 Å². The van der Waals surface area contributed by atoms with Gasteiger partial charge in [0.05, 0.1) is 12.5 Å². The minimum absolute atomic E-state index is 0.105. The fraction of sp³-hybridized carbons (Fsp3) is 0.583. The first-order valence-electron chi connectivity index (χ1n) is 6.16. The summed E-state index contributed by atoms with van der Waals surface area (Å²) >= 11 is 0. The van der Waals surface area contributed by atoms with Gasteiger partial charge in [0.2, 0.25) is 5.91 Å². The second kappa shape index (κ2) is 7.52. The third kappa shape index (κ3) is 5.52. The molecule has 106 valence electrons. The fourth-order valence-corrected chi connectivity index (χ4v) is 1.92. The van der Waals surface area contributed by atoms with Crippen molar-refractivity contribution in [3.8, 4) is 0 Å². The van der Waals surface area contributed by atoms with Crippen molar-refractivity contribution in [3.05, 3.63) is 12.7 Å². The Morgan fingerprint density at radius 3 is 2.47 bits per heavy atom. The van der Waals surface area contributed by atoms with E-state index in [4.69, 9.17) is 5.11 Å². The van der Waals surface area contributed by atoms with Gasteiger partial charge in [-0.3, -0.25) is 19.8 Å². The second-order valence-electron chi connectivity index (χ2n) is 4.44. The van der Waals surface area contributed by atoms with Crippen molar-refractivity contribution in [2.75, 3.05) is 26.2 Å². The number of aliphatic carboxylic acids is 1. The number of rotatable bonds is 5. The summed E-state index contributed by atoms with van der Waals surface area (Å²) in [7, 11) is 0. The molecule has 7 heteroatoms. The van der Waals surface area contributed by atoms with Gasteiger partial charge in [-0.25, -0.2) is 4.79 Å². The van der Waals surface area contributed by atoms with Crippen LogP contribution in [0.3, 0.4) is 0 Å². The summed E-state index contributed by atoms with van der Waals surface area (Å²) in [6.45, 7) is 4.95. The first-order chi connectivity index (χ1) is 9.02. The van der Waals surface area contributed by atoms with Crippen LogP contribution in [0.25, 0.3) is 0 Å². The van der Waals surface area contributed by atoms with E-state index in [1.807, 2.05) is 4.90 Å². The molecule has 0 spiro atoms. The number of nitrogens with zero attached hydrogens (tertiary/aromatic N) is 1. The van der Waals surface area contributed by atoms with Gasteiger partial charge in [0.25, 0.3) is 0 Å². The third-order valence-electron chi connectivity index (χ3n) is 2.96. The molecule has 0 bridgehead atoms. The summed E-state index contributed by atoms with van der Waals surface area (Å²) in [6.07, 6.45) is 2.58. The van der Waals surface area contributed by atoms with Crippen LogP contribution in [0, 0.1) is 5.92 Å². The van der Waals surface area contributed by atoms with Gasteiger partial charge in [-0.1, -0.05) is 6.08 Å². The lowest BCUT2D eigenvalue weighted by molar-refractivity contribution is -0.143. The molecule has 3 amide bonds. The number of nitrogens with one attached hydrogen (secondary N) is 2. The molecule has 7 nitrogen and oxygen atoms in total. The van der Waals surface area contributed by atoms with E-state index in [0.29, 0.717) is 32.5 Å². The van der Waals surface area contributed by atoms with Crippen molar-refractivity contribution in [2.24, 2.45) is 5.92 Å². The molecule has 1 fully saturated rings. The Hall–Kier alpha value is -1.89. The zero-order chi connectivity index (χ0) is 14.3. The van der Waals surface area contributed by atoms with Crippen LogP contribution in [0.1, 0.15) is 12.8 Å². The number of piperidine rings is 1. The van der Waals surface area contributed by atoms with Crippen molar-refractivity contribution >= 4 is 17.9 Å². The molecule has 0 aliphatic carbocycles. The molecule has 0 saturated carbocycles. The van der Waals surface area contributed by atoms with Crippen LogP contribution in [0.2, 0.25) is 0 Å². The normalized spacial score (nSPS) is 16.6. The SMILES string of the molecule is C=CCNC(=O)NC(=O)CN1CCC(C(=O)O)CC1. The molecule has 0 aromatic heterocycles. The Morgan fingerprint density at radius 2 is 1.95 bits per heavy atom. The number of hydrogen-bond donors (Lipinski definition) is 3. The number of carboxylic acids is 1. The molecule has 0 aromatic carbocycles. The first-order valence-corrected chi connectivity index (χ1v) is 6.16. The summed E-state index contributed by atoms with van der Waals surface area (Å²) in [5, 5.41) is 13.5. The highest BCUT2D eigenvalue weighted by molar-refractivity contribution is 5.95. The number of urea groups is 1. The predicted octanol–water partition coefficient (Wildman–Crippen LogP) is -0.205. The number of carbonyl (C=O) groups excluding carboxylic acids is 2. The average Bonchev–Trinajstić information content (AvgIpc) is 2.36. The molecular weight excluding hydrogens is 250 g/mol. The van der Waals surface area contributed by atoms with E-state index in [1.165, 1.54) is 6.08 Å². The molecule has 0 unspecified atom stereocenters. The topological polar surface area (TPSA) is 98.7 Å². The minimum atomic E-state index is -0.784. The van der Waals surface area contributed by atoms with Gasteiger partial charge in [-0.05, 0) is 25.9 Å². The predicted molar refractivity (Wildman–Crippen MR) is 68.5 cm³/mol. The maximum Gasteiger partial charge on any atom is 0.321 e. The van der Waals surface area contributed by atoms with E-state index in [9.17, 15) is 14.4 Å². The van der Waals surface area contributed by atoms with Gasteiger partial charge in [0.1, 0.15) is 0 Å². The van der Waals surface area contributed by atoms with Gasteiger partial charge in [-0.15, -0.1) is 6.58 Å². The van der Waals surface area contributed by atoms with Crippen molar-refractivity contribution in [2.45, 2.75) is 12.8 Å². The second-order valence-corrected chi connectivity index (χ2v) is 4.44. The molecule has 1 heterocycles. The third-order valence-corrected chi connectivity index (χ3v) is 2.96. The van der Waals surface area contributed by atoms with Crippen LogP contribution >= 0.6 is 0 Å². The average molecular weight is 269 g/mol. The van der Waals surface area contributed by atoms with E-state index < -0.39 is 17.9 Å². The molecule has 3 N–H and O–H groups in total. The number of carboxylic acid groups (broad SMARTS) is 1. The fourth-order valence-electron chi connectivity index (χ4n) is 1.92.